The van der Waals surface area contributed by atoms with Crippen molar-refractivity contribution in [2.24, 2.45) is 0 Å². The first kappa shape index (κ1) is 8.93. The second-order valence-electron chi connectivity index (χ2n) is 0.577. The van der Waals surface area contributed by atoms with Crippen LogP contribution in [-0.2, 0) is 0 Å². The molecule has 0 aliphatic heterocycles. The van der Waals surface area contributed by atoms with Gasteiger partial charge in [-0.05, 0) is 0 Å². The van der Waals surface area contributed by atoms with Crippen molar-refractivity contribution in [1.82, 2.24) is 0 Å². The van der Waals surface area contributed by atoms with E-state index in [1.807, 2.05) is 0 Å². The molecule has 0 saturated heterocycles. The Morgan fingerprint density at radius 3 is 1.50 bits per heavy atom. The Labute approximate surface area is 79.2 Å². The minimum absolute atomic E-state index is 0.252. The predicted molar refractivity (Wildman–Crippen MR) is 35.1 cm³/mol. The molecule has 0 atom stereocenters. The SMILES string of the molecule is [Sn]=[CH][Sn]=[Sn][CH]=[Sn]. The maximum atomic E-state index is 2.53. The predicted octanol–water partition coefficient (Wildman–Crippen LogP) is -1.83. The van der Waals surface area contributed by atoms with E-state index in [1.165, 1.54) is 0 Å². The average molecular weight is 501 g/mol. The van der Waals surface area contributed by atoms with E-state index in [4.69, 9.17) is 0 Å². The van der Waals surface area contributed by atoms with Gasteiger partial charge in [-0.25, -0.2) is 0 Å². The first-order valence-electron chi connectivity index (χ1n) is 1.40. The summed E-state index contributed by atoms with van der Waals surface area (Å²) in [7, 11) is 0. The maximum absolute atomic E-state index is 2.53. The molecule has 0 fully saturated rings. The Bertz CT molecular complexity index is 63.6. The molecule has 0 saturated carbocycles. The fourth-order valence-electron chi connectivity index (χ4n) is 0.0833. The summed E-state index contributed by atoms with van der Waals surface area (Å²) in [5.74, 6) is 0. The zero-order chi connectivity index (χ0) is 4.83. The Balaban J connectivity index is 3.17. The van der Waals surface area contributed by atoms with E-state index in [1.54, 1.807) is 44.1 Å². The van der Waals surface area contributed by atoms with Crippen LogP contribution < -0.4 is 0 Å². The summed E-state index contributed by atoms with van der Waals surface area (Å²) in [6.45, 7) is 0. The summed E-state index contributed by atoms with van der Waals surface area (Å²) >= 11 is 3.86. The molecule has 6 radical (unpaired) electrons. The van der Waals surface area contributed by atoms with Crippen LogP contribution in [0.15, 0.2) is 0 Å². The summed E-state index contributed by atoms with van der Waals surface area (Å²) in [6, 6.07) is 0. The van der Waals surface area contributed by atoms with Gasteiger partial charge in [0.25, 0.3) is 0 Å². The average Bonchev–Trinajstić information content (AvgIpc) is 1.61. The van der Waals surface area contributed by atoms with Crippen molar-refractivity contribution in [2.75, 3.05) is 0 Å². The zero-order valence-corrected chi connectivity index (χ0v) is 14.6. The van der Waals surface area contributed by atoms with Crippen molar-refractivity contribution in [3.63, 3.8) is 0 Å². The second kappa shape index (κ2) is 7.93. The van der Waals surface area contributed by atoms with Crippen LogP contribution in [0.3, 0.4) is 0 Å². The first-order chi connectivity index (χ1) is 2.91. The van der Waals surface area contributed by atoms with Gasteiger partial charge in [-0.2, -0.15) is 0 Å². The van der Waals surface area contributed by atoms with Crippen molar-refractivity contribution in [3.05, 3.63) is 0 Å². The van der Waals surface area contributed by atoms with Crippen LogP contribution in [0, 0.1) is 0 Å². The van der Waals surface area contributed by atoms with Gasteiger partial charge in [0.2, 0.25) is 0 Å². The molecule has 4 heteroatoms. The van der Waals surface area contributed by atoms with Crippen molar-refractivity contribution < 1.29 is 0 Å². The molecule has 26 valence electrons. The Morgan fingerprint density at radius 2 is 1.33 bits per heavy atom. The number of rotatable bonds is 2. The fourth-order valence-corrected chi connectivity index (χ4v) is 25.2. The molecule has 6 heavy (non-hydrogen) atoms. The molecule has 0 amide bonds. The summed E-state index contributed by atoms with van der Waals surface area (Å²) in [6.07, 6.45) is 0. The molecule has 0 bridgehead atoms. The summed E-state index contributed by atoms with van der Waals surface area (Å²) in [4.78, 5) is 0. The first-order valence-corrected chi connectivity index (χ1v) is 19.0. The molecule has 0 aromatic rings. The van der Waals surface area contributed by atoms with Crippen LogP contribution in [0.4, 0.5) is 0 Å². The van der Waals surface area contributed by atoms with Crippen LogP contribution >= 0.6 is 0 Å². The Morgan fingerprint density at radius 1 is 1.00 bits per heavy atom. The van der Waals surface area contributed by atoms with Gasteiger partial charge in [0, 0.05) is 0 Å². The molecule has 0 aromatic heterocycles. The van der Waals surface area contributed by atoms with Crippen molar-refractivity contribution in [2.45, 2.75) is 0 Å². The van der Waals surface area contributed by atoms with E-state index in [0.717, 1.165) is 0 Å². The molecular formula is C2H2Sn4. The minimum atomic E-state index is 0.252. The van der Waals surface area contributed by atoms with E-state index in [0.29, 0.717) is 0 Å². The third-order valence-corrected chi connectivity index (χ3v) is 47.3. The van der Waals surface area contributed by atoms with Crippen LogP contribution in [0.25, 0.3) is 0 Å². The number of hydrogen-bond acceptors (Lipinski definition) is 0. The molecule has 0 unspecified atom stereocenters. The third-order valence-electron chi connectivity index (χ3n) is 0.228. The second-order valence-corrected chi connectivity index (χ2v) is 26.0. The molecule has 0 aromatic carbocycles. The standard InChI is InChI=1S/2CH.4Sn/h2*1H;;;;. The monoisotopic (exact) mass is 506 g/mol. The molecule has 0 nitrogen and oxygen atoms in total. The van der Waals surface area contributed by atoms with Crippen LogP contribution in [0.5, 0.6) is 0 Å². The Hall–Kier alpha value is 2.93. The topological polar surface area (TPSA) is 0 Å². The van der Waals surface area contributed by atoms with E-state index in [2.05, 4.69) is 4.07 Å². The normalized spacial score (nSPS) is 8.67. The van der Waals surface area contributed by atoms with Crippen molar-refractivity contribution in [1.29, 1.82) is 0 Å². The van der Waals surface area contributed by atoms with Crippen molar-refractivity contribution >= 4 is 81.3 Å². The molecule has 0 aliphatic rings. The molecule has 0 rings (SSSR count). The van der Waals surface area contributed by atoms with Gasteiger partial charge in [-0.1, -0.05) is 0 Å². The van der Waals surface area contributed by atoms with Crippen LogP contribution in [0.2, 0.25) is 0 Å². The van der Waals surface area contributed by atoms with Gasteiger partial charge in [0.15, 0.2) is 0 Å². The molecule has 0 aliphatic carbocycles. The fraction of sp³-hybridized carbons (Fsp3) is 0. The number of hydrogen-bond donors (Lipinski definition) is 0. The Kier molecular flexibility index (Phi) is 11.8. The molecular weight excluding hydrogens is 499 g/mol. The van der Waals surface area contributed by atoms with Gasteiger partial charge in [0.05, 0.1) is 0 Å². The van der Waals surface area contributed by atoms with Gasteiger partial charge in [-0.15, -0.1) is 0 Å². The zero-order valence-electron chi connectivity index (χ0n) is 3.15. The quantitative estimate of drug-likeness (QED) is 0.391. The van der Waals surface area contributed by atoms with Crippen LogP contribution in [0.1, 0.15) is 0 Å². The van der Waals surface area contributed by atoms with Crippen molar-refractivity contribution in [3.8, 4) is 0 Å². The van der Waals surface area contributed by atoms with Gasteiger partial charge >= 0.3 is 81.3 Å². The third kappa shape index (κ3) is 6.93. The summed E-state index contributed by atoms with van der Waals surface area (Å²) in [5.41, 5.74) is 0. The van der Waals surface area contributed by atoms with Gasteiger partial charge < -0.3 is 0 Å². The van der Waals surface area contributed by atoms with E-state index in [-0.39, 0.29) is 33.1 Å². The molecule has 0 N–H and O–H groups in total. The molecule has 0 heterocycles. The van der Waals surface area contributed by atoms with E-state index in [9.17, 15) is 0 Å². The van der Waals surface area contributed by atoms with Crippen LogP contribution in [-0.4, -0.2) is 81.3 Å². The summed E-state index contributed by atoms with van der Waals surface area (Å²) < 4.78 is 5.06. The summed E-state index contributed by atoms with van der Waals surface area (Å²) in [5, 5.41) is 0. The molecule has 0 spiro atoms. The van der Waals surface area contributed by atoms with E-state index >= 15 is 0 Å². The van der Waals surface area contributed by atoms with Gasteiger partial charge in [-0.3, -0.25) is 0 Å². The van der Waals surface area contributed by atoms with Gasteiger partial charge in [0.1, 0.15) is 0 Å². The van der Waals surface area contributed by atoms with E-state index < -0.39 is 0 Å².